The van der Waals surface area contributed by atoms with Crippen LogP contribution in [0.5, 0.6) is 0 Å². The van der Waals surface area contributed by atoms with E-state index < -0.39 is 17.6 Å². The van der Waals surface area contributed by atoms with Gasteiger partial charge in [0.05, 0.1) is 6.61 Å². The third-order valence-electron chi connectivity index (χ3n) is 2.09. The molecule has 16 heavy (non-hydrogen) atoms. The Labute approximate surface area is 91.6 Å². The minimum Gasteiger partial charge on any atom is -0.457 e. The zero-order valence-electron chi connectivity index (χ0n) is 8.80. The highest BCUT2D eigenvalue weighted by Crippen LogP contribution is 2.10. The zero-order chi connectivity index (χ0) is 12.1. The summed E-state index contributed by atoms with van der Waals surface area (Å²) in [5.41, 5.74) is 7.80. The first-order chi connectivity index (χ1) is 7.61. The smallest absolute Gasteiger partial charge is 0.457 e. The van der Waals surface area contributed by atoms with E-state index in [1.807, 2.05) is 0 Å². The summed E-state index contributed by atoms with van der Waals surface area (Å²) >= 11 is 0. The number of carbonyl (C=O) groups excluding carboxylic acids is 3. The summed E-state index contributed by atoms with van der Waals surface area (Å²) in [4.78, 5) is 37.5. The monoisotopic (exact) mass is 225 g/mol. The Morgan fingerprint density at radius 1 is 1.56 bits per heavy atom. The number of esters is 1. The highest BCUT2D eigenvalue weighted by molar-refractivity contribution is 6.62. The van der Waals surface area contributed by atoms with Crippen LogP contribution in [0.1, 0.15) is 19.8 Å². The van der Waals surface area contributed by atoms with Crippen LogP contribution in [0, 0.1) is 0 Å². The SMILES string of the molecule is CCOC(=O)C(=[N+]=[N-])C(=O)N1CCCC1=O. The van der Waals surface area contributed by atoms with Crippen LogP contribution in [-0.2, 0) is 19.1 Å². The number of nitrogens with zero attached hydrogens (tertiary/aromatic N) is 3. The third-order valence-corrected chi connectivity index (χ3v) is 2.09. The van der Waals surface area contributed by atoms with Crippen molar-refractivity contribution in [2.45, 2.75) is 19.8 Å². The first-order valence-electron chi connectivity index (χ1n) is 4.85. The molecule has 7 nitrogen and oxygen atoms in total. The molecule has 2 amide bonds. The first kappa shape index (κ1) is 12.1. The lowest BCUT2D eigenvalue weighted by molar-refractivity contribution is -0.146. The van der Waals surface area contributed by atoms with Crippen molar-refractivity contribution in [2.24, 2.45) is 0 Å². The first-order valence-corrected chi connectivity index (χ1v) is 4.85. The van der Waals surface area contributed by atoms with Crippen LogP contribution in [0.3, 0.4) is 0 Å². The van der Waals surface area contributed by atoms with Gasteiger partial charge in [-0.2, -0.15) is 4.79 Å². The fourth-order valence-electron chi connectivity index (χ4n) is 1.36. The van der Waals surface area contributed by atoms with Crippen LogP contribution < -0.4 is 0 Å². The van der Waals surface area contributed by atoms with Crippen LogP contribution in [-0.4, -0.2) is 46.3 Å². The molecule has 0 spiro atoms. The van der Waals surface area contributed by atoms with E-state index >= 15 is 0 Å². The quantitative estimate of drug-likeness (QED) is 0.210. The van der Waals surface area contributed by atoms with E-state index in [0.29, 0.717) is 6.42 Å². The molecule has 86 valence electrons. The van der Waals surface area contributed by atoms with Crippen LogP contribution in [0.4, 0.5) is 0 Å². The molecule has 1 rings (SSSR count). The summed E-state index contributed by atoms with van der Waals surface area (Å²) in [5, 5.41) is 0. The van der Waals surface area contributed by atoms with Gasteiger partial charge < -0.3 is 10.3 Å². The normalized spacial score (nSPS) is 14.6. The number of likely N-dealkylation sites (tertiary alicyclic amines) is 1. The molecule has 0 radical (unpaired) electrons. The lowest BCUT2D eigenvalue weighted by Gasteiger charge is -2.09. The number of carbonyl (C=O) groups is 3. The highest BCUT2D eigenvalue weighted by Gasteiger charge is 2.39. The molecule has 1 aliphatic heterocycles. The minimum atomic E-state index is -1.03. The Hall–Kier alpha value is -2.01. The molecule has 0 aromatic heterocycles. The summed E-state index contributed by atoms with van der Waals surface area (Å²) in [6, 6.07) is 0. The molecule has 0 aromatic rings. The van der Waals surface area contributed by atoms with Crippen LogP contribution in [0.2, 0.25) is 0 Å². The Bertz CT molecular complexity index is 384. The lowest BCUT2D eigenvalue weighted by atomic mass is 10.3. The average Bonchev–Trinajstić information content (AvgIpc) is 2.65. The maximum Gasteiger partial charge on any atom is 0.463 e. The van der Waals surface area contributed by atoms with E-state index in [1.54, 1.807) is 6.92 Å². The van der Waals surface area contributed by atoms with Gasteiger partial charge in [-0.05, 0) is 13.3 Å². The van der Waals surface area contributed by atoms with E-state index in [4.69, 9.17) is 5.53 Å². The van der Waals surface area contributed by atoms with Gasteiger partial charge in [-0.3, -0.25) is 14.5 Å². The standard InChI is InChI=1S/C9H11N3O4/c1-2-16-9(15)7(11-10)8(14)12-5-3-4-6(12)13/h2-5H2,1H3. The number of hydrogen-bond donors (Lipinski definition) is 0. The van der Waals surface area contributed by atoms with Gasteiger partial charge in [-0.1, -0.05) is 0 Å². The Balaban J connectivity index is 2.82. The lowest BCUT2D eigenvalue weighted by Crippen LogP contribution is -2.41. The second-order valence-corrected chi connectivity index (χ2v) is 3.12. The summed E-state index contributed by atoms with van der Waals surface area (Å²) < 4.78 is 4.52. The van der Waals surface area contributed by atoms with Crippen molar-refractivity contribution in [3.8, 4) is 0 Å². The summed E-state index contributed by atoms with van der Waals surface area (Å²) in [6.07, 6.45) is 0.805. The van der Waals surface area contributed by atoms with Gasteiger partial charge in [0.25, 0.3) is 0 Å². The van der Waals surface area contributed by atoms with Crippen molar-refractivity contribution in [1.82, 2.24) is 4.90 Å². The Morgan fingerprint density at radius 3 is 2.69 bits per heavy atom. The number of ether oxygens (including phenoxy) is 1. The average molecular weight is 225 g/mol. The minimum absolute atomic E-state index is 0.0546. The molecule has 1 saturated heterocycles. The van der Waals surface area contributed by atoms with E-state index in [9.17, 15) is 14.4 Å². The molecular formula is C9H11N3O4. The second-order valence-electron chi connectivity index (χ2n) is 3.12. The summed E-state index contributed by atoms with van der Waals surface area (Å²) in [7, 11) is 0. The Morgan fingerprint density at radius 2 is 2.25 bits per heavy atom. The highest BCUT2D eigenvalue weighted by atomic mass is 16.5. The number of rotatable bonds is 3. The van der Waals surface area contributed by atoms with Crippen molar-refractivity contribution in [3.05, 3.63) is 5.53 Å². The molecule has 1 fully saturated rings. The van der Waals surface area contributed by atoms with Gasteiger partial charge >= 0.3 is 17.6 Å². The van der Waals surface area contributed by atoms with Crippen molar-refractivity contribution in [2.75, 3.05) is 13.2 Å². The largest absolute Gasteiger partial charge is 0.463 e. The third kappa shape index (κ3) is 2.32. The predicted molar refractivity (Wildman–Crippen MR) is 51.2 cm³/mol. The van der Waals surface area contributed by atoms with Crippen molar-refractivity contribution in [3.63, 3.8) is 0 Å². The van der Waals surface area contributed by atoms with Gasteiger partial charge in [0.15, 0.2) is 0 Å². The molecule has 1 heterocycles. The van der Waals surface area contributed by atoms with Gasteiger partial charge in [0.2, 0.25) is 5.91 Å². The van der Waals surface area contributed by atoms with Crippen molar-refractivity contribution >= 4 is 23.5 Å². The molecule has 0 N–H and O–H groups in total. The maximum absolute atomic E-state index is 11.6. The molecule has 0 aliphatic carbocycles. The van der Waals surface area contributed by atoms with E-state index in [1.165, 1.54) is 0 Å². The van der Waals surface area contributed by atoms with E-state index in [2.05, 4.69) is 9.53 Å². The van der Waals surface area contributed by atoms with Crippen molar-refractivity contribution in [1.29, 1.82) is 0 Å². The van der Waals surface area contributed by atoms with Crippen LogP contribution in [0.15, 0.2) is 0 Å². The predicted octanol–water partition coefficient (Wildman–Crippen LogP) is -0.631. The van der Waals surface area contributed by atoms with E-state index in [0.717, 1.165) is 4.90 Å². The number of amides is 2. The summed E-state index contributed by atoms with van der Waals surface area (Å²) in [5.74, 6) is -2.33. The zero-order valence-corrected chi connectivity index (χ0v) is 8.80. The molecular weight excluding hydrogens is 214 g/mol. The van der Waals surface area contributed by atoms with Crippen LogP contribution >= 0.6 is 0 Å². The topological polar surface area (TPSA) is 100 Å². The van der Waals surface area contributed by atoms with E-state index in [-0.39, 0.29) is 25.5 Å². The van der Waals surface area contributed by atoms with Crippen LogP contribution in [0.25, 0.3) is 5.53 Å². The molecule has 0 atom stereocenters. The summed E-state index contributed by atoms with van der Waals surface area (Å²) in [6.45, 7) is 1.84. The molecule has 1 aliphatic rings. The molecule has 0 unspecified atom stereocenters. The maximum atomic E-state index is 11.6. The van der Waals surface area contributed by atoms with Gasteiger partial charge in [0, 0.05) is 13.0 Å². The van der Waals surface area contributed by atoms with Crippen molar-refractivity contribution < 1.29 is 23.9 Å². The molecule has 0 bridgehead atoms. The second kappa shape index (κ2) is 5.18. The molecule has 7 heteroatoms. The van der Waals surface area contributed by atoms with Gasteiger partial charge in [-0.15, -0.1) is 0 Å². The Kier molecular flexibility index (Phi) is 3.90. The molecule has 0 saturated carbocycles. The number of imide groups is 1. The van der Waals surface area contributed by atoms with Gasteiger partial charge in [0.1, 0.15) is 0 Å². The molecule has 0 aromatic carbocycles. The van der Waals surface area contributed by atoms with Gasteiger partial charge in [-0.25, -0.2) is 4.79 Å². The number of hydrogen-bond acceptors (Lipinski definition) is 4. The fourth-order valence-corrected chi connectivity index (χ4v) is 1.36. The fraction of sp³-hybridized carbons (Fsp3) is 0.556.